The Kier molecular flexibility index (Phi) is 8.17. The molecule has 0 spiro atoms. The summed E-state index contributed by atoms with van der Waals surface area (Å²) in [5.74, 6) is 0. The van der Waals surface area contributed by atoms with Crippen molar-refractivity contribution in [3.8, 4) is 0 Å². The molecule has 0 aliphatic heterocycles. The molecule has 17 heavy (non-hydrogen) atoms. The molecule has 8 heteroatoms. The van der Waals surface area contributed by atoms with Gasteiger partial charge in [-0.2, -0.15) is 0 Å². The van der Waals surface area contributed by atoms with Gasteiger partial charge >= 0.3 is 8.80 Å². The predicted octanol–water partition coefficient (Wildman–Crippen LogP) is 0.584. The summed E-state index contributed by atoms with van der Waals surface area (Å²) in [7, 11) is -5.91. The second-order valence-electron chi connectivity index (χ2n) is 3.40. The third-order valence-corrected chi connectivity index (χ3v) is 5.66. The minimum Gasteiger partial charge on any atom is -0.374 e. The van der Waals surface area contributed by atoms with Crippen LogP contribution in [0.4, 0.5) is 0 Å². The zero-order valence-corrected chi connectivity index (χ0v) is 12.8. The van der Waals surface area contributed by atoms with E-state index in [1.807, 2.05) is 20.8 Å². The topological polar surface area (TPSA) is 73.9 Å². The Bertz CT molecular complexity index is 279. The van der Waals surface area contributed by atoms with Gasteiger partial charge < -0.3 is 13.3 Å². The Balaban J connectivity index is 4.43. The van der Waals surface area contributed by atoms with E-state index in [1.54, 1.807) is 0 Å². The molecule has 1 N–H and O–H groups in total. The molecular formula is C9H23NO5SSi. The van der Waals surface area contributed by atoms with Crippen molar-refractivity contribution in [3.63, 3.8) is 0 Å². The minimum atomic E-state index is -3.19. The summed E-state index contributed by atoms with van der Waals surface area (Å²) in [4.78, 5) is 0. The van der Waals surface area contributed by atoms with Crippen LogP contribution in [0.15, 0.2) is 0 Å². The molecule has 0 heterocycles. The van der Waals surface area contributed by atoms with Gasteiger partial charge in [-0.25, -0.2) is 13.1 Å². The lowest BCUT2D eigenvalue weighted by atomic mass is 10.8. The fourth-order valence-electron chi connectivity index (χ4n) is 1.39. The smallest absolute Gasteiger partial charge is 0.374 e. The van der Waals surface area contributed by atoms with Gasteiger partial charge in [-0.1, -0.05) is 0 Å². The van der Waals surface area contributed by atoms with E-state index >= 15 is 0 Å². The maximum Gasteiger partial charge on any atom is 0.502 e. The van der Waals surface area contributed by atoms with Gasteiger partial charge in [-0.3, -0.25) is 0 Å². The van der Waals surface area contributed by atoms with Gasteiger partial charge in [0.15, 0.2) is 0 Å². The first-order valence-electron chi connectivity index (χ1n) is 5.75. The fourth-order valence-corrected chi connectivity index (χ4v) is 4.48. The van der Waals surface area contributed by atoms with Crippen LogP contribution in [0, 0.1) is 0 Å². The van der Waals surface area contributed by atoms with E-state index in [9.17, 15) is 8.42 Å². The van der Waals surface area contributed by atoms with E-state index in [0.717, 1.165) is 6.26 Å². The zero-order chi connectivity index (χ0) is 13.4. The molecule has 0 aliphatic carbocycles. The summed E-state index contributed by atoms with van der Waals surface area (Å²) >= 11 is 0. The Hall–Kier alpha value is 0.00688. The second kappa shape index (κ2) is 8.17. The van der Waals surface area contributed by atoms with E-state index in [0.29, 0.717) is 25.9 Å². The Morgan fingerprint density at radius 1 is 1.00 bits per heavy atom. The molecule has 0 rings (SSSR count). The Morgan fingerprint density at radius 2 is 1.41 bits per heavy atom. The largest absolute Gasteiger partial charge is 0.502 e. The first kappa shape index (κ1) is 17.0. The summed E-state index contributed by atoms with van der Waals surface area (Å²) in [5, 5.41) is 0. The summed E-state index contributed by atoms with van der Waals surface area (Å²) in [5.41, 5.74) is 0. The van der Waals surface area contributed by atoms with Crippen LogP contribution < -0.4 is 4.72 Å². The predicted molar refractivity (Wildman–Crippen MR) is 68.3 cm³/mol. The van der Waals surface area contributed by atoms with Crippen molar-refractivity contribution in [1.29, 1.82) is 0 Å². The van der Waals surface area contributed by atoms with Gasteiger partial charge in [0.05, 0.1) is 6.26 Å². The van der Waals surface area contributed by atoms with E-state index in [-0.39, 0.29) is 6.54 Å². The molecule has 6 nitrogen and oxygen atoms in total. The van der Waals surface area contributed by atoms with Crippen molar-refractivity contribution in [2.75, 3.05) is 32.6 Å². The molecule has 0 aromatic heterocycles. The third kappa shape index (κ3) is 7.85. The van der Waals surface area contributed by atoms with Crippen LogP contribution in [0.3, 0.4) is 0 Å². The lowest BCUT2D eigenvalue weighted by Crippen LogP contribution is -2.48. The van der Waals surface area contributed by atoms with Crippen LogP contribution in [-0.2, 0) is 23.3 Å². The highest BCUT2D eigenvalue weighted by molar-refractivity contribution is 7.88. The quantitative estimate of drug-likeness (QED) is 0.595. The minimum absolute atomic E-state index is 0.269. The van der Waals surface area contributed by atoms with Crippen molar-refractivity contribution in [2.24, 2.45) is 0 Å². The van der Waals surface area contributed by atoms with Crippen molar-refractivity contribution < 1.29 is 21.7 Å². The average molecular weight is 285 g/mol. The maximum atomic E-state index is 11.0. The average Bonchev–Trinajstić information content (AvgIpc) is 2.16. The van der Waals surface area contributed by atoms with E-state index in [1.165, 1.54) is 0 Å². The zero-order valence-electron chi connectivity index (χ0n) is 11.0. The lowest BCUT2D eigenvalue weighted by molar-refractivity contribution is 0.0717. The number of sulfonamides is 1. The highest BCUT2D eigenvalue weighted by Crippen LogP contribution is 2.15. The maximum absolute atomic E-state index is 11.0. The number of rotatable bonds is 10. The number of nitrogens with one attached hydrogen (secondary N) is 1. The van der Waals surface area contributed by atoms with E-state index in [2.05, 4.69) is 4.72 Å². The highest BCUT2D eigenvalue weighted by atomic mass is 32.2. The molecular weight excluding hydrogens is 262 g/mol. The molecule has 104 valence electrons. The number of hydrogen-bond acceptors (Lipinski definition) is 5. The summed E-state index contributed by atoms with van der Waals surface area (Å²) < 4.78 is 41.1. The van der Waals surface area contributed by atoms with Crippen LogP contribution in [-0.4, -0.2) is 49.8 Å². The molecule has 0 fully saturated rings. The van der Waals surface area contributed by atoms with Gasteiger partial charge in [-0.15, -0.1) is 0 Å². The number of hydrogen-bond donors (Lipinski definition) is 1. The molecule has 0 aromatic carbocycles. The van der Waals surface area contributed by atoms with Crippen molar-refractivity contribution >= 4 is 18.8 Å². The molecule has 0 atom stereocenters. The first-order chi connectivity index (χ1) is 7.89. The van der Waals surface area contributed by atoms with Crippen LogP contribution in [0.5, 0.6) is 0 Å². The van der Waals surface area contributed by atoms with Crippen molar-refractivity contribution in [2.45, 2.75) is 26.8 Å². The SMILES string of the molecule is CCO[Si](CCNS(C)(=O)=O)(OCC)OCC. The van der Waals surface area contributed by atoms with Gasteiger partial charge in [0.2, 0.25) is 10.0 Å². The van der Waals surface area contributed by atoms with Gasteiger partial charge in [0, 0.05) is 32.4 Å². The van der Waals surface area contributed by atoms with Crippen LogP contribution >= 0.6 is 0 Å². The molecule has 0 unspecified atom stereocenters. The van der Waals surface area contributed by atoms with Gasteiger partial charge in [0.1, 0.15) is 0 Å². The fraction of sp³-hybridized carbons (Fsp3) is 1.00. The molecule has 0 amide bonds. The van der Waals surface area contributed by atoms with E-state index < -0.39 is 18.8 Å². The van der Waals surface area contributed by atoms with Crippen LogP contribution in [0.25, 0.3) is 0 Å². The molecule has 0 aromatic rings. The first-order valence-corrected chi connectivity index (χ1v) is 9.58. The van der Waals surface area contributed by atoms with E-state index in [4.69, 9.17) is 13.3 Å². The molecule has 0 bridgehead atoms. The monoisotopic (exact) mass is 285 g/mol. The third-order valence-electron chi connectivity index (χ3n) is 1.89. The van der Waals surface area contributed by atoms with Crippen LogP contribution in [0.1, 0.15) is 20.8 Å². The summed E-state index contributed by atoms with van der Waals surface area (Å²) in [6.07, 6.45) is 1.12. The van der Waals surface area contributed by atoms with Crippen molar-refractivity contribution in [3.05, 3.63) is 0 Å². The summed E-state index contributed by atoms with van der Waals surface area (Å²) in [6.45, 7) is 7.34. The standard InChI is InChI=1S/C9H23NO5SSi/c1-5-13-17(14-6-2,15-7-3)9-8-10-16(4,11)12/h10H,5-9H2,1-4H3. The molecule has 0 saturated heterocycles. The van der Waals surface area contributed by atoms with Gasteiger partial charge in [0.25, 0.3) is 0 Å². The Labute approximate surface area is 105 Å². The van der Waals surface area contributed by atoms with Crippen molar-refractivity contribution in [1.82, 2.24) is 4.72 Å². The Morgan fingerprint density at radius 3 is 1.71 bits per heavy atom. The lowest BCUT2D eigenvalue weighted by Gasteiger charge is -2.28. The summed E-state index contributed by atoms with van der Waals surface area (Å²) in [6, 6.07) is 0.440. The van der Waals surface area contributed by atoms with Gasteiger partial charge in [-0.05, 0) is 20.8 Å². The normalized spacial score (nSPS) is 12.9. The second-order valence-corrected chi connectivity index (χ2v) is 7.96. The molecule has 0 radical (unpaired) electrons. The highest BCUT2D eigenvalue weighted by Gasteiger charge is 2.39. The molecule has 0 saturated carbocycles. The van der Waals surface area contributed by atoms with Crippen LogP contribution in [0.2, 0.25) is 6.04 Å². The molecule has 0 aliphatic rings.